The van der Waals surface area contributed by atoms with Gasteiger partial charge in [-0.1, -0.05) is 43.7 Å². The second kappa shape index (κ2) is 6.38. The van der Waals surface area contributed by atoms with Crippen LogP contribution in [0.25, 0.3) is 0 Å². The molecule has 2 rings (SSSR count). The van der Waals surface area contributed by atoms with Crippen molar-refractivity contribution in [2.24, 2.45) is 5.92 Å². The van der Waals surface area contributed by atoms with Crippen LogP contribution >= 0.6 is 0 Å². The minimum atomic E-state index is -0.824. The molecular weight excluding hydrogens is 280 g/mol. The number of aryl methyl sites for hydroxylation is 1. The van der Waals surface area contributed by atoms with Crippen molar-refractivity contribution >= 4 is 12.0 Å². The third-order valence-electron chi connectivity index (χ3n) is 4.31. The van der Waals surface area contributed by atoms with E-state index in [9.17, 15) is 9.59 Å². The van der Waals surface area contributed by atoms with Crippen LogP contribution in [0.15, 0.2) is 24.3 Å². The largest absolute Gasteiger partial charge is 0.481 e. The number of likely N-dealkylation sites (tertiary alicyclic amines) is 1. The van der Waals surface area contributed by atoms with Crippen LogP contribution in [0, 0.1) is 12.8 Å². The van der Waals surface area contributed by atoms with Gasteiger partial charge in [0.15, 0.2) is 0 Å². The highest BCUT2D eigenvalue weighted by atomic mass is 16.4. The number of carboxylic acid groups (broad SMARTS) is 1. The number of hydrogen-bond acceptors (Lipinski definition) is 2. The average Bonchev–Trinajstić information content (AvgIpc) is 2.95. The predicted octanol–water partition coefficient (Wildman–Crippen LogP) is 2.39. The number of aliphatic carboxylic acids is 1. The maximum Gasteiger partial charge on any atom is 0.317 e. The molecule has 2 N–H and O–H groups in total. The number of amides is 2. The lowest BCUT2D eigenvalue weighted by Gasteiger charge is -2.27. The third-order valence-corrected chi connectivity index (χ3v) is 4.31. The molecule has 0 bridgehead atoms. The molecule has 0 radical (unpaired) electrons. The summed E-state index contributed by atoms with van der Waals surface area (Å²) in [6, 6.07) is 8.09. The fraction of sp³-hybridized carbons (Fsp3) is 0.529. The van der Waals surface area contributed by atoms with Crippen LogP contribution in [0.2, 0.25) is 0 Å². The molecule has 1 aliphatic rings. The van der Waals surface area contributed by atoms with Gasteiger partial charge in [-0.2, -0.15) is 0 Å². The van der Waals surface area contributed by atoms with Crippen LogP contribution in [0.1, 0.15) is 31.4 Å². The minimum absolute atomic E-state index is 0.173. The normalized spacial score (nSPS) is 18.3. The van der Waals surface area contributed by atoms with Gasteiger partial charge in [0.2, 0.25) is 0 Å². The number of hydrogen-bond donors (Lipinski definition) is 2. The van der Waals surface area contributed by atoms with Gasteiger partial charge in [0, 0.05) is 25.0 Å². The number of benzene rings is 1. The highest BCUT2D eigenvalue weighted by molar-refractivity contribution is 5.77. The van der Waals surface area contributed by atoms with Crippen molar-refractivity contribution in [3.63, 3.8) is 0 Å². The van der Waals surface area contributed by atoms with Gasteiger partial charge in [-0.15, -0.1) is 0 Å². The van der Waals surface area contributed by atoms with E-state index in [0.717, 1.165) is 0 Å². The Hall–Kier alpha value is -2.04. The van der Waals surface area contributed by atoms with Crippen molar-refractivity contribution in [3.8, 4) is 0 Å². The van der Waals surface area contributed by atoms with Crippen molar-refractivity contribution in [2.75, 3.05) is 19.6 Å². The van der Waals surface area contributed by atoms with Gasteiger partial charge in [0.25, 0.3) is 0 Å². The molecule has 1 heterocycles. The van der Waals surface area contributed by atoms with Crippen molar-refractivity contribution in [2.45, 2.75) is 32.6 Å². The van der Waals surface area contributed by atoms with E-state index < -0.39 is 11.9 Å². The number of carboxylic acids is 1. The second-order valence-corrected chi connectivity index (χ2v) is 6.68. The summed E-state index contributed by atoms with van der Waals surface area (Å²) < 4.78 is 0. The average molecular weight is 304 g/mol. The molecule has 5 heteroatoms. The zero-order chi connectivity index (χ0) is 16.3. The molecular formula is C17H24N2O3. The van der Waals surface area contributed by atoms with Crippen molar-refractivity contribution in [3.05, 3.63) is 35.4 Å². The third kappa shape index (κ3) is 3.78. The standard InChI is InChI=1S/C17H24N2O3/c1-12-5-4-6-14(9-12)17(2,3)11-18-16(22)19-8-7-13(10-19)15(20)21/h4-6,9,13H,7-8,10-11H2,1-3H3,(H,18,22)(H,20,21). The van der Waals surface area contributed by atoms with Gasteiger partial charge >= 0.3 is 12.0 Å². The molecule has 1 unspecified atom stereocenters. The molecule has 1 aliphatic heterocycles. The number of rotatable bonds is 4. The summed E-state index contributed by atoms with van der Waals surface area (Å²) in [7, 11) is 0. The van der Waals surface area contributed by atoms with E-state index in [0.29, 0.717) is 26.1 Å². The minimum Gasteiger partial charge on any atom is -0.481 e. The molecule has 22 heavy (non-hydrogen) atoms. The summed E-state index contributed by atoms with van der Waals surface area (Å²) in [6.07, 6.45) is 0.532. The Balaban J connectivity index is 1.92. The first-order valence-electron chi connectivity index (χ1n) is 7.62. The molecule has 120 valence electrons. The van der Waals surface area contributed by atoms with E-state index in [1.54, 1.807) is 4.90 Å². The highest BCUT2D eigenvalue weighted by Crippen LogP contribution is 2.23. The number of carbonyl (C=O) groups is 2. The van der Waals surface area contributed by atoms with Crippen molar-refractivity contribution in [1.82, 2.24) is 10.2 Å². The number of nitrogens with one attached hydrogen (secondary N) is 1. The molecule has 1 saturated heterocycles. The first kappa shape index (κ1) is 16.3. The summed E-state index contributed by atoms with van der Waals surface area (Å²) in [5, 5.41) is 11.9. The van der Waals surface area contributed by atoms with E-state index in [4.69, 9.17) is 5.11 Å². The molecule has 0 aliphatic carbocycles. The molecule has 1 aromatic carbocycles. The Morgan fingerprint density at radius 3 is 2.73 bits per heavy atom. The maximum absolute atomic E-state index is 12.2. The molecule has 0 saturated carbocycles. The highest BCUT2D eigenvalue weighted by Gasteiger charge is 2.31. The Bertz CT molecular complexity index is 569. The van der Waals surface area contributed by atoms with E-state index in [-0.39, 0.29) is 11.4 Å². The van der Waals surface area contributed by atoms with Crippen LogP contribution in [-0.4, -0.2) is 41.6 Å². The summed E-state index contributed by atoms with van der Waals surface area (Å²) in [5.74, 6) is -1.26. The van der Waals surface area contributed by atoms with Gasteiger partial charge in [-0.05, 0) is 18.9 Å². The van der Waals surface area contributed by atoms with Crippen LogP contribution in [0.3, 0.4) is 0 Å². The maximum atomic E-state index is 12.2. The summed E-state index contributed by atoms with van der Waals surface area (Å²) in [5.41, 5.74) is 2.20. The number of nitrogens with zero attached hydrogens (tertiary/aromatic N) is 1. The summed E-state index contributed by atoms with van der Waals surface area (Å²) in [6.45, 7) is 7.55. The lowest BCUT2D eigenvalue weighted by molar-refractivity contribution is -0.141. The quantitative estimate of drug-likeness (QED) is 0.897. The molecule has 0 aromatic heterocycles. The van der Waals surface area contributed by atoms with Crippen LogP contribution < -0.4 is 5.32 Å². The molecule has 1 aromatic rings. The van der Waals surface area contributed by atoms with Crippen LogP contribution in [-0.2, 0) is 10.2 Å². The zero-order valence-electron chi connectivity index (χ0n) is 13.4. The van der Waals surface area contributed by atoms with Crippen LogP contribution in [0.5, 0.6) is 0 Å². The Morgan fingerprint density at radius 2 is 2.14 bits per heavy atom. The van der Waals surface area contributed by atoms with Gasteiger partial charge in [0.05, 0.1) is 5.92 Å². The Labute approximate surface area is 131 Å². The van der Waals surface area contributed by atoms with Gasteiger partial charge < -0.3 is 15.3 Å². The smallest absolute Gasteiger partial charge is 0.317 e. The molecule has 5 nitrogen and oxygen atoms in total. The number of carbonyl (C=O) groups excluding carboxylic acids is 1. The molecule has 1 atom stereocenters. The molecule has 0 spiro atoms. The Morgan fingerprint density at radius 1 is 1.41 bits per heavy atom. The molecule has 1 fully saturated rings. The van der Waals surface area contributed by atoms with Gasteiger partial charge in [-0.25, -0.2) is 4.79 Å². The lowest BCUT2D eigenvalue weighted by Crippen LogP contribution is -2.44. The van der Waals surface area contributed by atoms with E-state index in [2.05, 4.69) is 44.3 Å². The Kier molecular flexibility index (Phi) is 4.74. The monoisotopic (exact) mass is 304 g/mol. The summed E-state index contributed by atoms with van der Waals surface area (Å²) >= 11 is 0. The zero-order valence-corrected chi connectivity index (χ0v) is 13.4. The van der Waals surface area contributed by atoms with Crippen LogP contribution in [0.4, 0.5) is 4.79 Å². The predicted molar refractivity (Wildman–Crippen MR) is 84.9 cm³/mol. The fourth-order valence-corrected chi connectivity index (χ4v) is 2.72. The van der Waals surface area contributed by atoms with Gasteiger partial charge in [0.1, 0.15) is 0 Å². The number of urea groups is 1. The lowest BCUT2D eigenvalue weighted by atomic mass is 9.84. The first-order chi connectivity index (χ1) is 10.3. The van der Waals surface area contributed by atoms with Crippen molar-refractivity contribution < 1.29 is 14.7 Å². The first-order valence-corrected chi connectivity index (χ1v) is 7.62. The fourth-order valence-electron chi connectivity index (χ4n) is 2.72. The van der Waals surface area contributed by atoms with Gasteiger partial charge in [-0.3, -0.25) is 4.79 Å². The SMILES string of the molecule is Cc1cccc(C(C)(C)CNC(=O)N2CCC(C(=O)O)C2)c1. The second-order valence-electron chi connectivity index (χ2n) is 6.68. The van der Waals surface area contributed by atoms with E-state index >= 15 is 0 Å². The van der Waals surface area contributed by atoms with Crippen molar-refractivity contribution in [1.29, 1.82) is 0 Å². The topological polar surface area (TPSA) is 69.6 Å². The molecule has 2 amide bonds. The van der Waals surface area contributed by atoms with E-state index in [1.807, 2.05) is 6.07 Å². The summed E-state index contributed by atoms with van der Waals surface area (Å²) in [4.78, 5) is 24.7. The van der Waals surface area contributed by atoms with E-state index in [1.165, 1.54) is 11.1 Å².